The Kier molecular flexibility index (Phi) is 3.90. The lowest BCUT2D eigenvalue weighted by Crippen LogP contribution is -2.21. The van der Waals surface area contributed by atoms with E-state index < -0.39 is 0 Å². The standard InChI is InChI=1S/C17H22N2S/c1-4-18-16(17-19-11(2)12(3)20-17)15-9-7-14(8-10-15)13-5-6-13/h7-10,13,16,18H,4-6H2,1-3H3. The van der Waals surface area contributed by atoms with E-state index in [9.17, 15) is 0 Å². The minimum Gasteiger partial charge on any atom is -0.305 e. The number of aromatic nitrogens is 1. The van der Waals surface area contributed by atoms with Crippen molar-refractivity contribution in [2.45, 2.75) is 45.6 Å². The van der Waals surface area contributed by atoms with Crippen LogP contribution in [0.25, 0.3) is 0 Å². The van der Waals surface area contributed by atoms with Crippen LogP contribution in [0.4, 0.5) is 0 Å². The van der Waals surface area contributed by atoms with E-state index in [0.29, 0.717) is 0 Å². The molecule has 0 saturated heterocycles. The van der Waals surface area contributed by atoms with Gasteiger partial charge in [-0.15, -0.1) is 11.3 Å². The zero-order chi connectivity index (χ0) is 14.1. The van der Waals surface area contributed by atoms with E-state index in [2.05, 4.69) is 50.4 Å². The normalized spacial score (nSPS) is 16.4. The first kappa shape index (κ1) is 13.8. The van der Waals surface area contributed by atoms with E-state index in [0.717, 1.165) is 18.2 Å². The molecule has 0 radical (unpaired) electrons. The van der Waals surface area contributed by atoms with Crippen molar-refractivity contribution in [3.8, 4) is 0 Å². The van der Waals surface area contributed by atoms with E-state index in [4.69, 9.17) is 4.98 Å². The molecule has 0 bridgehead atoms. The third-order valence-corrected chi connectivity index (χ3v) is 5.16. The molecule has 0 spiro atoms. The molecule has 20 heavy (non-hydrogen) atoms. The zero-order valence-electron chi connectivity index (χ0n) is 12.4. The summed E-state index contributed by atoms with van der Waals surface area (Å²) in [7, 11) is 0. The largest absolute Gasteiger partial charge is 0.305 e. The fourth-order valence-corrected chi connectivity index (χ4v) is 3.58. The lowest BCUT2D eigenvalue weighted by Gasteiger charge is -2.16. The molecule has 1 fully saturated rings. The molecule has 1 aromatic carbocycles. The average molecular weight is 286 g/mol. The molecule has 1 atom stereocenters. The molecule has 2 aromatic rings. The first-order valence-corrected chi connectivity index (χ1v) is 8.28. The Morgan fingerprint density at radius 3 is 2.45 bits per heavy atom. The van der Waals surface area contributed by atoms with Crippen molar-refractivity contribution in [2.75, 3.05) is 6.54 Å². The third-order valence-electron chi connectivity index (χ3n) is 4.02. The molecular weight excluding hydrogens is 264 g/mol. The van der Waals surface area contributed by atoms with Gasteiger partial charge >= 0.3 is 0 Å². The van der Waals surface area contributed by atoms with Crippen LogP contribution < -0.4 is 5.32 Å². The number of nitrogens with zero attached hydrogens (tertiary/aromatic N) is 1. The summed E-state index contributed by atoms with van der Waals surface area (Å²) < 4.78 is 0. The zero-order valence-corrected chi connectivity index (χ0v) is 13.3. The van der Waals surface area contributed by atoms with E-state index in [1.165, 1.54) is 33.9 Å². The molecule has 1 aromatic heterocycles. The molecule has 1 aliphatic carbocycles. The van der Waals surface area contributed by atoms with Crippen molar-refractivity contribution < 1.29 is 0 Å². The molecule has 3 heteroatoms. The summed E-state index contributed by atoms with van der Waals surface area (Å²) in [6.07, 6.45) is 2.72. The number of hydrogen-bond acceptors (Lipinski definition) is 3. The second kappa shape index (κ2) is 5.66. The maximum atomic E-state index is 4.73. The molecule has 0 aliphatic heterocycles. The summed E-state index contributed by atoms with van der Waals surface area (Å²) in [5.41, 5.74) is 3.98. The molecule has 0 amide bonds. The first-order chi connectivity index (χ1) is 9.69. The highest BCUT2D eigenvalue weighted by molar-refractivity contribution is 7.11. The van der Waals surface area contributed by atoms with Gasteiger partial charge in [-0.3, -0.25) is 0 Å². The molecule has 3 rings (SSSR count). The Morgan fingerprint density at radius 1 is 1.25 bits per heavy atom. The number of rotatable bonds is 5. The van der Waals surface area contributed by atoms with E-state index in [1.54, 1.807) is 11.3 Å². The molecular formula is C17H22N2S. The Morgan fingerprint density at radius 2 is 1.95 bits per heavy atom. The summed E-state index contributed by atoms with van der Waals surface area (Å²) in [5.74, 6) is 0.825. The molecule has 1 heterocycles. The summed E-state index contributed by atoms with van der Waals surface area (Å²) in [6.45, 7) is 7.34. The van der Waals surface area contributed by atoms with Crippen molar-refractivity contribution in [3.05, 3.63) is 51.0 Å². The summed E-state index contributed by atoms with van der Waals surface area (Å²) in [6, 6.07) is 9.36. The van der Waals surface area contributed by atoms with Crippen LogP contribution in [0, 0.1) is 13.8 Å². The number of thiazole rings is 1. The quantitative estimate of drug-likeness (QED) is 0.884. The van der Waals surface area contributed by atoms with Gasteiger partial charge < -0.3 is 5.32 Å². The van der Waals surface area contributed by atoms with Crippen molar-refractivity contribution in [3.63, 3.8) is 0 Å². The maximum Gasteiger partial charge on any atom is 0.115 e. The number of nitrogens with one attached hydrogen (secondary N) is 1. The van der Waals surface area contributed by atoms with Crippen molar-refractivity contribution in [2.24, 2.45) is 0 Å². The summed E-state index contributed by atoms with van der Waals surface area (Å²) in [5, 5.41) is 4.75. The highest BCUT2D eigenvalue weighted by atomic mass is 32.1. The highest BCUT2D eigenvalue weighted by Gasteiger charge is 2.24. The van der Waals surface area contributed by atoms with E-state index >= 15 is 0 Å². The Hall–Kier alpha value is -1.19. The lowest BCUT2D eigenvalue weighted by molar-refractivity contribution is 0.626. The van der Waals surface area contributed by atoms with Gasteiger partial charge in [-0.05, 0) is 50.3 Å². The Labute approximate surface area is 125 Å². The second-order valence-electron chi connectivity index (χ2n) is 5.63. The topological polar surface area (TPSA) is 24.9 Å². The minimum atomic E-state index is 0.227. The van der Waals surface area contributed by atoms with Crippen LogP contribution in [0.2, 0.25) is 0 Å². The number of hydrogen-bond donors (Lipinski definition) is 1. The van der Waals surface area contributed by atoms with Crippen LogP contribution in [0.3, 0.4) is 0 Å². The van der Waals surface area contributed by atoms with Crippen molar-refractivity contribution >= 4 is 11.3 Å². The predicted octanol–water partition coefficient (Wildman–Crippen LogP) is 4.34. The van der Waals surface area contributed by atoms with Crippen LogP contribution in [0.1, 0.15) is 58.4 Å². The first-order valence-electron chi connectivity index (χ1n) is 7.46. The summed E-state index contributed by atoms with van der Waals surface area (Å²) >= 11 is 1.81. The predicted molar refractivity (Wildman–Crippen MR) is 85.5 cm³/mol. The van der Waals surface area contributed by atoms with Gasteiger partial charge in [0.2, 0.25) is 0 Å². The SMILES string of the molecule is CCNC(c1ccc(C2CC2)cc1)c1nc(C)c(C)s1. The average Bonchev–Trinajstić information content (AvgIpc) is 3.24. The fourth-order valence-electron chi connectivity index (χ4n) is 2.55. The molecule has 106 valence electrons. The monoisotopic (exact) mass is 286 g/mol. The van der Waals surface area contributed by atoms with Crippen LogP contribution in [0.5, 0.6) is 0 Å². The highest BCUT2D eigenvalue weighted by Crippen LogP contribution is 2.40. The van der Waals surface area contributed by atoms with Gasteiger partial charge in [0.15, 0.2) is 0 Å². The molecule has 1 aliphatic rings. The van der Waals surface area contributed by atoms with Gasteiger partial charge in [0.1, 0.15) is 5.01 Å². The number of aryl methyl sites for hydroxylation is 2. The molecule has 2 nitrogen and oxygen atoms in total. The van der Waals surface area contributed by atoms with Crippen LogP contribution >= 0.6 is 11.3 Å². The maximum absolute atomic E-state index is 4.73. The summed E-state index contributed by atoms with van der Waals surface area (Å²) in [4.78, 5) is 6.05. The molecule has 1 unspecified atom stereocenters. The molecule has 1 N–H and O–H groups in total. The fraction of sp³-hybridized carbons (Fsp3) is 0.471. The molecule has 1 saturated carbocycles. The van der Waals surface area contributed by atoms with Crippen LogP contribution in [0.15, 0.2) is 24.3 Å². The van der Waals surface area contributed by atoms with Gasteiger partial charge in [0.25, 0.3) is 0 Å². The van der Waals surface area contributed by atoms with Crippen molar-refractivity contribution in [1.29, 1.82) is 0 Å². The van der Waals surface area contributed by atoms with E-state index in [1.807, 2.05) is 0 Å². The third kappa shape index (κ3) is 2.79. The van der Waals surface area contributed by atoms with Gasteiger partial charge in [-0.25, -0.2) is 4.98 Å². The number of benzene rings is 1. The van der Waals surface area contributed by atoms with Gasteiger partial charge in [0, 0.05) is 4.88 Å². The van der Waals surface area contributed by atoms with Crippen molar-refractivity contribution in [1.82, 2.24) is 10.3 Å². The Bertz CT molecular complexity index is 562. The van der Waals surface area contributed by atoms with Crippen LogP contribution in [-0.4, -0.2) is 11.5 Å². The smallest absolute Gasteiger partial charge is 0.115 e. The van der Waals surface area contributed by atoms with Crippen LogP contribution in [-0.2, 0) is 0 Å². The van der Waals surface area contributed by atoms with Gasteiger partial charge in [-0.1, -0.05) is 31.2 Å². The van der Waals surface area contributed by atoms with E-state index in [-0.39, 0.29) is 6.04 Å². The minimum absolute atomic E-state index is 0.227. The second-order valence-corrected chi connectivity index (χ2v) is 6.86. The lowest BCUT2D eigenvalue weighted by atomic mass is 10.0. The van der Waals surface area contributed by atoms with Gasteiger partial charge in [0.05, 0.1) is 11.7 Å². The van der Waals surface area contributed by atoms with Gasteiger partial charge in [-0.2, -0.15) is 0 Å². The Balaban J connectivity index is 1.88.